The molecule has 0 spiro atoms. The molecule has 0 atom stereocenters. The van der Waals surface area contributed by atoms with Crippen molar-refractivity contribution in [3.63, 3.8) is 0 Å². The van der Waals surface area contributed by atoms with Gasteiger partial charge in [-0.3, -0.25) is 19.7 Å². The van der Waals surface area contributed by atoms with Crippen LogP contribution in [0.4, 0.5) is 0 Å². The Morgan fingerprint density at radius 1 is 1.19 bits per heavy atom. The fraction of sp³-hybridized carbons (Fsp3) is 0.158. The van der Waals surface area contributed by atoms with E-state index in [1.54, 1.807) is 18.5 Å². The first kappa shape index (κ1) is 15.6. The van der Waals surface area contributed by atoms with E-state index in [1.165, 1.54) is 4.52 Å². The van der Waals surface area contributed by atoms with Crippen molar-refractivity contribution in [3.05, 3.63) is 58.8 Å². The SMILES string of the molecule is CCn1ncc2cc(-c3cc(=O)n4[nH]cc(-c5[nH]ncc5C)c4n3)ccc21. The van der Waals surface area contributed by atoms with Crippen LogP contribution in [-0.2, 0) is 6.54 Å². The summed E-state index contributed by atoms with van der Waals surface area (Å²) in [4.78, 5) is 17.4. The number of hydrogen-bond donors (Lipinski definition) is 2. The fourth-order valence-corrected chi connectivity index (χ4v) is 3.43. The largest absolute Gasteiger partial charge is 0.296 e. The van der Waals surface area contributed by atoms with Gasteiger partial charge >= 0.3 is 0 Å². The van der Waals surface area contributed by atoms with Crippen LogP contribution in [0.3, 0.4) is 0 Å². The summed E-state index contributed by atoms with van der Waals surface area (Å²) in [7, 11) is 0. The van der Waals surface area contributed by atoms with Crippen LogP contribution in [0.1, 0.15) is 12.5 Å². The van der Waals surface area contributed by atoms with Crippen LogP contribution in [0.5, 0.6) is 0 Å². The number of benzene rings is 1. The second kappa shape index (κ2) is 5.66. The van der Waals surface area contributed by atoms with E-state index < -0.39 is 0 Å². The normalized spacial score (nSPS) is 11.6. The van der Waals surface area contributed by atoms with Gasteiger partial charge in [-0.2, -0.15) is 10.2 Å². The molecule has 0 aliphatic heterocycles. The van der Waals surface area contributed by atoms with E-state index >= 15 is 0 Å². The van der Waals surface area contributed by atoms with Crippen LogP contribution in [0.2, 0.25) is 0 Å². The number of rotatable bonds is 3. The summed E-state index contributed by atoms with van der Waals surface area (Å²) in [6.07, 6.45) is 5.35. The van der Waals surface area contributed by atoms with Crippen molar-refractivity contribution >= 4 is 16.6 Å². The first-order valence-corrected chi connectivity index (χ1v) is 8.73. The third-order valence-corrected chi connectivity index (χ3v) is 4.83. The zero-order valence-corrected chi connectivity index (χ0v) is 14.9. The Kier molecular flexibility index (Phi) is 3.27. The minimum Gasteiger partial charge on any atom is -0.296 e. The molecule has 0 saturated heterocycles. The molecule has 0 bridgehead atoms. The lowest BCUT2D eigenvalue weighted by molar-refractivity contribution is 0.684. The maximum Gasteiger partial charge on any atom is 0.273 e. The number of fused-ring (bicyclic) bond motifs is 2. The highest BCUT2D eigenvalue weighted by Crippen LogP contribution is 2.26. The molecule has 0 aliphatic rings. The highest BCUT2D eigenvalue weighted by atomic mass is 16.1. The summed E-state index contributed by atoms with van der Waals surface area (Å²) in [6.45, 7) is 4.83. The maximum atomic E-state index is 12.6. The third kappa shape index (κ3) is 2.30. The molecule has 0 unspecified atom stereocenters. The van der Waals surface area contributed by atoms with Crippen LogP contribution in [0.25, 0.3) is 39.1 Å². The van der Waals surface area contributed by atoms with Crippen molar-refractivity contribution in [3.8, 4) is 22.5 Å². The van der Waals surface area contributed by atoms with Crippen LogP contribution >= 0.6 is 0 Å². The molecule has 5 aromatic rings. The van der Waals surface area contributed by atoms with E-state index in [-0.39, 0.29) is 5.56 Å². The lowest BCUT2D eigenvalue weighted by Crippen LogP contribution is -2.14. The molecule has 4 aromatic heterocycles. The Balaban J connectivity index is 1.72. The van der Waals surface area contributed by atoms with Gasteiger partial charge in [-0.25, -0.2) is 9.50 Å². The minimum absolute atomic E-state index is 0.164. The molecule has 8 heteroatoms. The molecule has 5 rings (SSSR count). The summed E-state index contributed by atoms with van der Waals surface area (Å²) in [6, 6.07) is 7.54. The molecule has 1 aromatic carbocycles. The van der Waals surface area contributed by atoms with E-state index in [1.807, 2.05) is 36.0 Å². The molecule has 0 fully saturated rings. The Labute approximate surface area is 153 Å². The van der Waals surface area contributed by atoms with Crippen LogP contribution < -0.4 is 5.56 Å². The predicted octanol–water partition coefficient (Wildman–Crippen LogP) is 2.76. The monoisotopic (exact) mass is 359 g/mol. The number of hydrogen-bond acceptors (Lipinski definition) is 4. The molecule has 27 heavy (non-hydrogen) atoms. The van der Waals surface area contributed by atoms with E-state index in [0.29, 0.717) is 11.3 Å². The minimum atomic E-state index is -0.164. The van der Waals surface area contributed by atoms with Crippen LogP contribution in [0.15, 0.2) is 47.7 Å². The molecule has 134 valence electrons. The Morgan fingerprint density at radius 2 is 2.07 bits per heavy atom. The Morgan fingerprint density at radius 3 is 2.85 bits per heavy atom. The first-order chi connectivity index (χ1) is 13.2. The smallest absolute Gasteiger partial charge is 0.273 e. The summed E-state index contributed by atoms with van der Waals surface area (Å²) < 4.78 is 3.38. The number of H-pyrrole nitrogens is 2. The van der Waals surface area contributed by atoms with Crippen molar-refractivity contribution in [2.45, 2.75) is 20.4 Å². The van der Waals surface area contributed by atoms with Gasteiger partial charge in [-0.1, -0.05) is 6.07 Å². The van der Waals surface area contributed by atoms with Gasteiger partial charge in [0.2, 0.25) is 0 Å². The van der Waals surface area contributed by atoms with Crippen LogP contribution in [0, 0.1) is 6.92 Å². The summed E-state index contributed by atoms with van der Waals surface area (Å²) >= 11 is 0. The molecular formula is C19H17N7O. The second-order valence-corrected chi connectivity index (χ2v) is 6.49. The summed E-state index contributed by atoms with van der Waals surface area (Å²) in [5.41, 5.74) is 5.62. The molecular weight excluding hydrogens is 342 g/mol. The molecule has 0 amide bonds. The lowest BCUT2D eigenvalue weighted by Gasteiger charge is -2.04. The quantitative estimate of drug-likeness (QED) is 0.518. The number of nitrogens with zero attached hydrogens (tertiary/aromatic N) is 5. The third-order valence-electron chi connectivity index (χ3n) is 4.83. The zero-order chi connectivity index (χ0) is 18.5. The second-order valence-electron chi connectivity index (χ2n) is 6.49. The predicted molar refractivity (Wildman–Crippen MR) is 103 cm³/mol. The van der Waals surface area contributed by atoms with Gasteiger partial charge in [0, 0.05) is 29.8 Å². The molecule has 0 saturated carbocycles. The highest BCUT2D eigenvalue weighted by molar-refractivity contribution is 5.85. The number of aryl methyl sites for hydroxylation is 2. The van der Waals surface area contributed by atoms with E-state index in [4.69, 9.17) is 4.98 Å². The maximum absolute atomic E-state index is 12.6. The molecule has 0 aliphatic carbocycles. The first-order valence-electron chi connectivity index (χ1n) is 8.73. The Hall–Kier alpha value is -3.68. The van der Waals surface area contributed by atoms with E-state index in [0.717, 1.165) is 39.8 Å². The highest BCUT2D eigenvalue weighted by Gasteiger charge is 2.15. The zero-order valence-electron chi connectivity index (χ0n) is 14.9. The molecule has 8 nitrogen and oxygen atoms in total. The average molecular weight is 359 g/mol. The number of aromatic nitrogens is 7. The van der Waals surface area contributed by atoms with Gasteiger partial charge in [-0.15, -0.1) is 0 Å². The summed E-state index contributed by atoms with van der Waals surface area (Å²) in [5.74, 6) is 0. The van der Waals surface area contributed by atoms with E-state index in [9.17, 15) is 4.79 Å². The number of aromatic amines is 2. The van der Waals surface area contributed by atoms with Gasteiger partial charge in [0.15, 0.2) is 5.65 Å². The van der Waals surface area contributed by atoms with Gasteiger partial charge in [0.25, 0.3) is 5.56 Å². The molecule has 2 N–H and O–H groups in total. The van der Waals surface area contributed by atoms with Gasteiger partial charge in [0.05, 0.1) is 34.9 Å². The number of nitrogens with one attached hydrogen (secondary N) is 2. The van der Waals surface area contributed by atoms with Crippen molar-refractivity contribution in [1.82, 2.24) is 34.6 Å². The fourth-order valence-electron chi connectivity index (χ4n) is 3.43. The Bertz CT molecular complexity index is 1350. The molecule has 4 heterocycles. The molecule has 0 radical (unpaired) electrons. The van der Waals surface area contributed by atoms with Gasteiger partial charge in [-0.05, 0) is 31.5 Å². The van der Waals surface area contributed by atoms with E-state index in [2.05, 4.69) is 27.3 Å². The lowest BCUT2D eigenvalue weighted by atomic mass is 10.1. The standard InChI is InChI=1S/C19H17N7O/c1-3-25-16-5-4-12(6-13(16)9-21-25)15-7-17(27)26-19(23-15)14(10-22-26)18-11(2)8-20-24-18/h4-10,22H,3H2,1-2H3,(H,20,24). The van der Waals surface area contributed by atoms with Crippen molar-refractivity contribution < 1.29 is 0 Å². The average Bonchev–Trinajstić information content (AvgIpc) is 3.38. The summed E-state index contributed by atoms with van der Waals surface area (Å²) in [5, 5.41) is 15.4. The van der Waals surface area contributed by atoms with Crippen LogP contribution in [-0.4, -0.2) is 34.6 Å². The van der Waals surface area contributed by atoms with Crippen molar-refractivity contribution in [2.24, 2.45) is 0 Å². The van der Waals surface area contributed by atoms with Gasteiger partial charge in [0.1, 0.15) is 0 Å². The van der Waals surface area contributed by atoms with Crippen molar-refractivity contribution in [1.29, 1.82) is 0 Å². The van der Waals surface area contributed by atoms with Crippen molar-refractivity contribution in [2.75, 3.05) is 0 Å². The van der Waals surface area contributed by atoms with Gasteiger partial charge < -0.3 is 0 Å². The topological polar surface area (TPSA) is 96.7 Å².